The first kappa shape index (κ1) is 32.8. The highest BCUT2D eigenvalue weighted by Crippen LogP contribution is 2.39. The van der Waals surface area contributed by atoms with Crippen LogP contribution in [0, 0.1) is 18.3 Å². The van der Waals surface area contributed by atoms with Gasteiger partial charge >= 0.3 is 6.03 Å². The van der Waals surface area contributed by atoms with E-state index < -0.39 is 6.04 Å². The number of nitrogens with one attached hydrogen (secondary N) is 1. The predicted octanol–water partition coefficient (Wildman–Crippen LogP) is 5.76. The number of piperazine rings is 1. The second-order valence-corrected chi connectivity index (χ2v) is 15.2. The fourth-order valence-electron chi connectivity index (χ4n) is 7.21. The summed E-state index contributed by atoms with van der Waals surface area (Å²) in [7, 11) is 0. The molecule has 46 heavy (non-hydrogen) atoms. The van der Waals surface area contributed by atoms with Crippen LogP contribution in [-0.4, -0.2) is 86.5 Å². The molecule has 0 radical (unpaired) electrons. The summed E-state index contributed by atoms with van der Waals surface area (Å²) >= 11 is 12.9. The van der Waals surface area contributed by atoms with Gasteiger partial charge in [0.25, 0.3) is 0 Å². The Morgan fingerprint density at radius 2 is 1.78 bits per heavy atom. The third-order valence-electron chi connectivity index (χ3n) is 9.45. The first-order valence-corrected chi connectivity index (χ1v) is 17.2. The molecule has 1 aliphatic carbocycles. The Hall–Kier alpha value is -3.14. The molecule has 246 valence electrons. The molecule has 6 rings (SSSR count). The predicted molar refractivity (Wildman–Crippen MR) is 181 cm³/mol. The van der Waals surface area contributed by atoms with Crippen LogP contribution in [0.1, 0.15) is 67.7 Å². The van der Waals surface area contributed by atoms with Gasteiger partial charge in [-0.25, -0.2) is 9.78 Å². The van der Waals surface area contributed by atoms with E-state index in [0.29, 0.717) is 55.2 Å². The van der Waals surface area contributed by atoms with E-state index in [9.17, 15) is 9.59 Å². The van der Waals surface area contributed by atoms with Crippen molar-refractivity contribution in [2.75, 3.05) is 39.3 Å². The number of aryl methyl sites for hydroxylation is 3. The molecule has 4 heterocycles. The van der Waals surface area contributed by atoms with Gasteiger partial charge in [-0.15, -0.1) is 0 Å². The molecule has 3 aromatic rings. The van der Waals surface area contributed by atoms with Crippen LogP contribution in [0.15, 0.2) is 43.0 Å². The van der Waals surface area contributed by atoms with Crippen molar-refractivity contribution >= 4 is 35.1 Å². The van der Waals surface area contributed by atoms with E-state index in [1.807, 2.05) is 36.4 Å². The molecule has 0 spiro atoms. The summed E-state index contributed by atoms with van der Waals surface area (Å²) in [4.78, 5) is 43.6. The lowest BCUT2D eigenvalue weighted by Gasteiger charge is -2.46. The Bertz CT molecular complexity index is 1530. The molecule has 3 atom stereocenters. The van der Waals surface area contributed by atoms with Crippen LogP contribution in [-0.2, 0) is 24.2 Å². The summed E-state index contributed by atoms with van der Waals surface area (Å²) in [6.07, 6.45) is 9.25. The second kappa shape index (κ2) is 13.5. The number of fused-ring (bicyclic) bond motifs is 2. The van der Waals surface area contributed by atoms with Gasteiger partial charge in [-0.1, -0.05) is 50.0 Å². The normalized spacial score (nSPS) is 22.2. The standard InChI is InChI=1S/C35H45Cl2N7O2/c1-23-17-41(22-40-23)18-24-6-5-11-43(19-24)33(45)30-20-42(12-13-44(30)34(46)39-21-35(2,3)4)32-29-10-9-27(36)14-25(29)7-8-26-15-28(37)16-38-31(26)32/h9-10,14-17,22,24,30,32H,5-8,11-13,18-21H2,1-4H3,(H,39,46)/t24-,30-,32?/m1/s1. The summed E-state index contributed by atoms with van der Waals surface area (Å²) in [5, 5.41) is 4.43. The van der Waals surface area contributed by atoms with E-state index in [2.05, 4.69) is 52.8 Å². The second-order valence-electron chi connectivity index (χ2n) is 14.4. The molecule has 1 aromatic carbocycles. The number of halogens is 2. The lowest BCUT2D eigenvalue weighted by molar-refractivity contribution is -0.140. The molecule has 1 unspecified atom stereocenters. The van der Waals surface area contributed by atoms with E-state index in [0.717, 1.165) is 54.7 Å². The topological polar surface area (TPSA) is 86.6 Å². The fourth-order valence-corrected chi connectivity index (χ4v) is 7.59. The maximum atomic E-state index is 14.6. The Morgan fingerprint density at radius 1 is 1.00 bits per heavy atom. The van der Waals surface area contributed by atoms with Crippen molar-refractivity contribution in [3.63, 3.8) is 0 Å². The maximum absolute atomic E-state index is 14.6. The molecule has 2 aliphatic heterocycles. The average Bonchev–Trinajstić information content (AvgIpc) is 3.36. The van der Waals surface area contributed by atoms with Gasteiger partial charge in [0.15, 0.2) is 0 Å². The van der Waals surface area contributed by atoms with Crippen LogP contribution in [0.2, 0.25) is 10.0 Å². The quantitative estimate of drug-likeness (QED) is 0.374. The molecule has 0 saturated carbocycles. The van der Waals surface area contributed by atoms with Crippen molar-refractivity contribution in [1.82, 2.24) is 34.6 Å². The lowest BCUT2D eigenvalue weighted by atomic mass is 9.94. The van der Waals surface area contributed by atoms with Gasteiger partial charge in [0.05, 0.1) is 28.8 Å². The number of urea groups is 1. The zero-order valence-electron chi connectivity index (χ0n) is 27.3. The molecule has 9 nitrogen and oxygen atoms in total. The van der Waals surface area contributed by atoms with E-state index in [1.54, 1.807) is 11.1 Å². The number of carbonyl (C=O) groups excluding carboxylic acids is 2. The number of imidazole rings is 1. The minimum atomic E-state index is -0.627. The lowest BCUT2D eigenvalue weighted by Crippen LogP contribution is -2.64. The first-order valence-electron chi connectivity index (χ1n) is 16.4. The summed E-state index contributed by atoms with van der Waals surface area (Å²) in [5.41, 5.74) is 5.29. The van der Waals surface area contributed by atoms with Crippen molar-refractivity contribution in [1.29, 1.82) is 0 Å². The van der Waals surface area contributed by atoms with Crippen molar-refractivity contribution in [3.05, 3.63) is 81.1 Å². The van der Waals surface area contributed by atoms with Crippen molar-refractivity contribution in [3.8, 4) is 0 Å². The Labute approximate surface area is 282 Å². The molecule has 0 bridgehead atoms. The minimum Gasteiger partial charge on any atom is -0.341 e. The Kier molecular flexibility index (Phi) is 9.65. The van der Waals surface area contributed by atoms with Crippen LogP contribution >= 0.6 is 23.2 Å². The van der Waals surface area contributed by atoms with Crippen LogP contribution in [0.5, 0.6) is 0 Å². The third kappa shape index (κ3) is 7.37. The van der Waals surface area contributed by atoms with Gasteiger partial charge < -0.3 is 19.7 Å². The van der Waals surface area contributed by atoms with E-state index >= 15 is 0 Å². The first-order chi connectivity index (χ1) is 21.9. The molecule has 11 heteroatoms. The van der Waals surface area contributed by atoms with Crippen molar-refractivity contribution in [2.24, 2.45) is 11.3 Å². The number of aromatic nitrogens is 3. The highest BCUT2D eigenvalue weighted by atomic mass is 35.5. The Balaban J connectivity index is 1.30. The van der Waals surface area contributed by atoms with Crippen molar-refractivity contribution < 1.29 is 9.59 Å². The van der Waals surface area contributed by atoms with Gasteiger partial charge in [-0.3, -0.25) is 14.7 Å². The number of hydrogen-bond donors (Lipinski definition) is 1. The highest BCUT2D eigenvalue weighted by molar-refractivity contribution is 6.30. The number of rotatable bonds is 5. The van der Waals surface area contributed by atoms with Crippen LogP contribution in [0.4, 0.5) is 4.79 Å². The number of carbonyl (C=O) groups is 2. The van der Waals surface area contributed by atoms with Gasteiger partial charge in [-0.05, 0) is 78.8 Å². The van der Waals surface area contributed by atoms with Gasteiger partial charge in [0.2, 0.25) is 5.91 Å². The fraction of sp³-hybridized carbons (Fsp3) is 0.543. The van der Waals surface area contributed by atoms with Crippen LogP contribution in [0.3, 0.4) is 0 Å². The van der Waals surface area contributed by atoms with Gasteiger partial charge in [-0.2, -0.15) is 0 Å². The van der Waals surface area contributed by atoms with Crippen LogP contribution in [0.25, 0.3) is 0 Å². The maximum Gasteiger partial charge on any atom is 0.318 e. The Morgan fingerprint density at radius 3 is 2.54 bits per heavy atom. The average molecular weight is 667 g/mol. The highest BCUT2D eigenvalue weighted by Gasteiger charge is 2.42. The van der Waals surface area contributed by atoms with E-state index in [-0.39, 0.29) is 23.4 Å². The summed E-state index contributed by atoms with van der Waals surface area (Å²) in [6, 6.07) is 7.09. The number of benzene rings is 1. The smallest absolute Gasteiger partial charge is 0.318 e. The van der Waals surface area contributed by atoms with E-state index in [4.69, 9.17) is 28.2 Å². The zero-order chi connectivity index (χ0) is 32.6. The largest absolute Gasteiger partial charge is 0.341 e. The summed E-state index contributed by atoms with van der Waals surface area (Å²) in [6.45, 7) is 12.4. The van der Waals surface area contributed by atoms with Crippen molar-refractivity contribution in [2.45, 2.75) is 72.0 Å². The minimum absolute atomic E-state index is 0.0105. The number of likely N-dealkylation sites (tertiary alicyclic amines) is 1. The number of piperidine rings is 1. The number of nitrogens with zero attached hydrogens (tertiary/aromatic N) is 6. The molecule has 2 saturated heterocycles. The number of amides is 3. The molecule has 3 aliphatic rings. The monoisotopic (exact) mass is 665 g/mol. The van der Waals surface area contributed by atoms with E-state index in [1.165, 1.54) is 5.56 Å². The molecular formula is C35H45Cl2N7O2. The molecule has 3 amide bonds. The molecule has 2 fully saturated rings. The summed E-state index contributed by atoms with van der Waals surface area (Å²) < 4.78 is 2.12. The van der Waals surface area contributed by atoms with Crippen LogP contribution < -0.4 is 5.32 Å². The summed E-state index contributed by atoms with van der Waals surface area (Å²) in [5.74, 6) is 0.338. The molecular weight excluding hydrogens is 621 g/mol. The number of pyridine rings is 1. The third-order valence-corrected chi connectivity index (χ3v) is 9.89. The SMILES string of the molecule is Cc1cn(C[C@H]2CCCN(C(=O)[C@H]3CN(C4c5ccc(Cl)cc5CCc5cc(Cl)cnc54)CCN3C(=O)NCC(C)(C)C)C2)cn1. The van der Waals surface area contributed by atoms with Gasteiger partial charge in [0, 0.05) is 63.2 Å². The molecule has 2 aromatic heterocycles. The van der Waals surface area contributed by atoms with Gasteiger partial charge in [0.1, 0.15) is 6.04 Å². The number of hydrogen-bond acceptors (Lipinski definition) is 5. The zero-order valence-corrected chi connectivity index (χ0v) is 28.8. The molecule has 1 N–H and O–H groups in total.